The van der Waals surface area contributed by atoms with Crippen LogP contribution in [0.1, 0.15) is 26.3 Å². The van der Waals surface area contributed by atoms with Crippen LogP contribution in [-0.4, -0.2) is 18.4 Å². The number of carbonyl (C=O) groups excluding carboxylic acids is 2. The van der Waals surface area contributed by atoms with Crippen molar-refractivity contribution < 1.29 is 9.59 Å². The average molecular weight is 318 g/mol. The molecule has 120 valence electrons. The van der Waals surface area contributed by atoms with Gasteiger partial charge in [0.05, 0.1) is 11.1 Å². The van der Waals surface area contributed by atoms with Crippen molar-refractivity contribution in [2.24, 2.45) is 5.73 Å². The molecule has 0 radical (unpaired) electrons. The van der Waals surface area contributed by atoms with E-state index in [1.54, 1.807) is 24.3 Å². The fourth-order valence-electron chi connectivity index (χ4n) is 2.71. The predicted octanol–water partition coefficient (Wildman–Crippen LogP) is 2.91. The smallest absolute Gasteiger partial charge is 0.252 e. The number of primary amides is 1. The molecular weight excluding hydrogens is 300 g/mol. The number of nitrogens with one attached hydrogen (secondary N) is 1. The summed E-state index contributed by atoms with van der Waals surface area (Å²) in [7, 11) is 0. The van der Waals surface area contributed by atoms with Crippen molar-refractivity contribution in [3.63, 3.8) is 0 Å². The van der Waals surface area contributed by atoms with E-state index in [9.17, 15) is 9.59 Å². The van der Waals surface area contributed by atoms with E-state index in [4.69, 9.17) is 5.73 Å². The first kappa shape index (κ1) is 15.7. The monoisotopic (exact) mass is 318 g/mol. The lowest BCUT2D eigenvalue weighted by Crippen LogP contribution is -2.28. The minimum atomic E-state index is -0.602. The Balaban J connectivity index is 1.65. The molecule has 0 heterocycles. The van der Waals surface area contributed by atoms with Crippen LogP contribution in [0.5, 0.6) is 0 Å². The molecule has 4 nitrogen and oxygen atoms in total. The zero-order chi connectivity index (χ0) is 16.9. The molecule has 0 saturated heterocycles. The van der Waals surface area contributed by atoms with Crippen LogP contribution in [0, 0.1) is 0 Å². The van der Waals surface area contributed by atoms with Crippen molar-refractivity contribution in [3.8, 4) is 0 Å². The Morgan fingerprint density at radius 2 is 1.50 bits per heavy atom. The zero-order valence-corrected chi connectivity index (χ0v) is 13.2. The van der Waals surface area contributed by atoms with Gasteiger partial charge in [-0.05, 0) is 34.9 Å². The second-order valence-electron chi connectivity index (χ2n) is 5.60. The van der Waals surface area contributed by atoms with Crippen molar-refractivity contribution >= 4 is 22.6 Å². The number of hydrogen-bond donors (Lipinski definition) is 2. The lowest BCUT2D eigenvalue weighted by Gasteiger charge is -2.08. The summed E-state index contributed by atoms with van der Waals surface area (Å²) in [5, 5.41) is 5.22. The van der Waals surface area contributed by atoms with Gasteiger partial charge in [0.1, 0.15) is 0 Å². The van der Waals surface area contributed by atoms with Crippen LogP contribution < -0.4 is 11.1 Å². The first-order valence-corrected chi connectivity index (χ1v) is 7.80. The van der Waals surface area contributed by atoms with Gasteiger partial charge in [-0.15, -0.1) is 0 Å². The van der Waals surface area contributed by atoms with E-state index in [0.29, 0.717) is 12.1 Å². The number of carbonyl (C=O) groups is 2. The van der Waals surface area contributed by atoms with Gasteiger partial charge in [0.15, 0.2) is 0 Å². The van der Waals surface area contributed by atoms with Gasteiger partial charge >= 0.3 is 0 Å². The fourth-order valence-corrected chi connectivity index (χ4v) is 2.71. The SMILES string of the molecule is NC(=O)c1ccccc1C(=O)NCCc1ccc2ccccc2c1. The predicted molar refractivity (Wildman–Crippen MR) is 94.9 cm³/mol. The van der Waals surface area contributed by atoms with Gasteiger partial charge < -0.3 is 11.1 Å². The van der Waals surface area contributed by atoms with Crippen molar-refractivity contribution in [1.29, 1.82) is 0 Å². The first-order chi connectivity index (χ1) is 11.6. The maximum atomic E-state index is 12.3. The summed E-state index contributed by atoms with van der Waals surface area (Å²) in [6.07, 6.45) is 0.718. The summed E-state index contributed by atoms with van der Waals surface area (Å²) in [5.41, 5.74) is 7.00. The summed E-state index contributed by atoms with van der Waals surface area (Å²) in [6, 6.07) is 21.0. The van der Waals surface area contributed by atoms with Gasteiger partial charge in [-0.2, -0.15) is 0 Å². The highest BCUT2D eigenvalue weighted by Crippen LogP contribution is 2.16. The Hall–Kier alpha value is -3.14. The summed E-state index contributed by atoms with van der Waals surface area (Å²) >= 11 is 0. The summed E-state index contributed by atoms with van der Waals surface area (Å²) < 4.78 is 0. The summed E-state index contributed by atoms with van der Waals surface area (Å²) in [6.45, 7) is 0.490. The van der Waals surface area contributed by atoms with E-state index in [1.807, 2.05) is 12.1 Å². The lowest BCUT2D eigenvalue weighted by atomic mass is 10.0. The highest BCUT2D eigenvalue weighted by molar-refractivity contribution is 6.06. The molecule has 3 N–H and O–H groups in total. The van der Waals surface area contributed by atoms with E-state index < -0.39 is 5.91 Å². The molecule has 0 aliphatic rings. The van der Waals surface area contributed by atoms with E-state index in [2.05, 4.69) is 35.6 Å². The zero-order valence-electron chi connectivity index (χ0n) is 13.2. The topological polar surface area (TPSA) is 72.2 Å². The van der Waals surface area contributed by atoms with Crippen LogP contribution >= 0.6 is 0 Å². The fraction of sp³-hybridized carbons (Fsp3) is 0.100. The number of benzene rings is 3. The molecule has 0 spiro atoms. The largest absolute Gasteiger partial charge is 0.366 e. The van der Waals surface area contributed by atoms with E-state index >= 15 is 0 Å². The molecule has 3 aromatic rings. The standard InChI is InChI=1S/C20H18N2O2/c21-19(23)17-7-3-4-8-18(17)20(24)22-12-11-14-9-10-15-5-1-2-6-16(15)13-14/h1-10,13H,11-12H2,(H2,21,23)(H,22,24). The van der Waals surface area contributed by atoms with E-state index in [0.717, 1.165) is 12.0 Å². The Bertz CT molecular complexity index is 903. The van der Waals surface area contributed by atoms with Gasteiger partial charge in [-0.25, -0.2) is 0 Å². The van der Waals surface area contributed by atoms with Crippen LogP contribution in [0.25, 0.3) is 10.8 Å². The Morgan fingerprint density at radius 1 is 0.833 bits per heavy atom. The maximum absolute atomic E-state index is 12.3. The molecule has 2 amide bonds. The Morgan fingerprint density at radius 3 is 2.25 bits per heavy atom. The van der Waals surface area contributed by atoms with Gasteiger partial charge in [-0.3, -0.25) is 9.59 Å². The van der Waals surface area contributed by atoms with Gasteiger partial charge in [0, 0.05) is 6.54 Å². The van der Waals surface area contributed by atoms with Crippen molar-refractivity contribution in [2.75, 3.05) is 6.54 Å². The molecule has 4 heteroatoms. The molecule has 0 bridgehead atoms. The summed E-state index contributed by atoms with van der Waals surface area (Å²) in [4.78, 5) is 23.6. The van der Waals surface area contributed by atoms with Gasteiger partial charge in [-0.1, -0.05) is 54.6 Å². The normalized spacial score (nSPS) is 10.5. The third-order valence-corrected chi connectivity index (χ3v) is 3.95. The second-order valence-corrected chi connectivity index (χ2v) is 5.60. The van der Waals surface area contributed by atoms with Crippen LogP contribution in [0.3, 0.4) is 0 Å². The van der Waals surface area contributed by atoms with Crippen LogP contribution in [-0.2, 0) is 6.42 Å². The molecule has 24 heavy (non-hydrogen) atoms. The molecule has 3 aromatic carbocycles. The molecule has 0 unspecified atom stereocenters. The molecular formula is C20H18N2O2. The lowest BCUT2D eigenvalue weighted by molar-refractivity contribution is 0.0936. The maximum Gasteiger partial charge on any atom is 0.252 e. The number of rotatable bonds is 5. The third-order valence-electron chi connectivity index (χ3n) is 3.95. The Kier molecular flexibility index (Phi) is 4.57. The van der Waals surface area contributed by atoms with Crippen molar-refractivity contribution in [3.05, 3.63) is 83.4 Å². The van der Waals surface area contributed by atoms with Crippen LogP contribution in [0.2, 0.25) is 0 Å². The highest BCUT2D eigenvalue weighted by Gasteiger charge is 2.13. The summed E-state index contributed by atoms with van der Waals surface area (Å²) in [5.74, 6) is -0.888. The molecule has 0 atom stereocenters. The number of fused-ring (bicyclic) bond motifs is 1. The molecule has 0 aliphatic heterocycles. The van der Waals surface area contributed by atoms with Gasteiger partial charge in [0.25, 0.3) is 5.91 Å². The average Bonchev–Trinajstić information content (AvgIpc) is 2.61. The molecule has 3 rings (SSSR count). The minimum absolute atomic E-state index is 0.237. The quantitative estimate of drug-likeness (QED) is 0.759. The first-order valence-electron chi connectivity index (χ1n) is 7.80. The van der Waals surface area contributed by atoms with Crippen molar-refractivity contribution in [2.45, 2.75) is 6.42 Å². The van der Waals surface area contributed by atoms with Crippen LogP contribution in [0.15, 0.2) is 66.7 Å². The molecule has 0 saturated carbocycles. The molecule has 0 aromatic heterocycles. The van der Waals surface area contributed by atoms with Crippen LogP contribution in [0.4, 0.5) is 0 Å². The molecule has 0 fully saturated rings. The Labute approximate surface area is 140 Å². The number of nitrogens with two attached hydrogens (primary N) is 1. The number of amides is 2. The highest BCUT2D eigenvalue weighted by atomic mass is 16.2. The van der Waals surface area contributed by atoms with E-state index in [1.165, 1.54) is 10.8 Å². The minimum Gasteiger partial charge on any atom is -0.366 e. The van der Waals surface area contributed by atoms with Crippen molar-refractivity contribution in [1.82, 2.24) is 5.32 Å². The number of hydrogen-bond acceptors (Lipinski definition) is 2. The molecule has 0 aliphatic carbocycles. The van der Waals surface area contributed by atoms with E-state index in [-0.39, 0.29) is 11.5 Å². The third kappa shape index (κ3) is 3.43. The van der Waals surface area contributed by atoms with Gasteiger partial charge in [0.2, 0.25) is 5.91 Å². The second kappa shape index (κ2) is 6.96.